The standard InChI is InChI=1S/C12H13F4NO4/c1-2-21-11(20)10(19)9(18)5-3-7(13)8(17)4-6(5)12(14,15)16/h3-4,9-10,18-19H,2,17H2,1H3. The fourth-order valence-corrected chi connectivity index (χ4v) is 1.62. The van der Waals surface area contributed by atoms with Crippen molar-refractivity contribution in [1.29, 1.82) is 0 Å². The van der Waals surface area contributed by atoms with Crippen LogP contribution in [0.25, 0.3) is 0 Å². The summed E-state index contributed by atoms with van der Waals surface area (Å²) in [6, 6.07) is 0.608. The van der Waals surface area contributed by atoms with Crippen LogP contribution in [0.4, 0.5) is 23.2 Å². The molecule has 2 unspecified atom stereocenters. The molecule has 9 heteroatoms. The smallest absolute Gasteiger partial charge is 0.416 e. The van der Waals surface area contributed by atoms with E-state index >= 15 is 0 Å². The van der Waals surface area contributed by atoms with E-state index in [1.165, 1.54) is 6.92 Å². The van der Waals surface area contributed by atoms with E-state index in [-0.39, 0.29) is 12.7 Å². The van der Waals surface area contributed by atoms with Crippen LogP contribution in [0.2, 0.25) is 0 Å². The third-order valence-electron chi connectivity index (χ3n) is 2.62. The Hall–Kier alpha value is -1.87. The highest BCUT2D eigenvalue weighted by Gasteiger charge is 2.39. The third kappa shape index (κ3) is 3.82. The Morgan fingerprint density at radius 3 is 2.43 bits per heavy atom. The Morgan fingerprint density at radius 2 is 1.95 bits per heavy atom. The van der Waals surface area contributed by atoms with Crippen LogP contribution in [0.5, 0.6) is 0 Å². The van der Waals surface area contributed by atoms with Crippen LogP contribution in [-0.2, 0) is 15.7 Å². The minimum Gasteiger partial charge on any atom is -0.464 e. The molecule has 0 aliphatic heterocycles. The third-order valence-corrected chi connectivity index (χ3v) is 2.62. The molecule has 0 bridgehead atoms. The number of ether oxygens (including phenoxy) is 1. The maximum Gasteiger partial charge on any atom is 0.416 e. The van der Waals surface area contributed by atoms with E-state index in [4.69, 9.17) is 5.73 Å². The first-order chi connectivity index (χ1) is 9.59. The van der Waals surface area contributed by atoms with Crippen LogP contribution in [0, 0.1) is 5.82 Å². The van der Waals surface area contributed by atoms with Gasteiger partial charge in [0.05, 0.1) is 17.9 Å². The Morgan fingerprint density at radius 1 is 1.38 bits per heavy atom. The van der Waals surface area contributed by atoms with Crippen molar-refractivity contribution in [2.75, 3.05) is 12.3 Å². The maximum atomic E-state index is 13.3. The fraction of sp³-hybridized carbons (Fsp3) is 0.417. The molecule has 118 valence electrons. The van der Waals surface area contributed by atoms with Gasteiger partial charge in [0.15, 0.2) is 6.10 Å². The quantitative estimate of drug-likeness (QED) is 0.444. The molecule has 0 aliphatic carbocycles. The Kier molecular flexibility index (Phi) is 5.13. The van der Waals surface area contributed by atoms with E-state index in [1.54, 1.807) is 0 Å². The van der Waals surface area contributed by atoms with Crippen molar-refractivity contribution < 1.29 is 37.3 Å². The first-order valence-corrected chi connectivity index (χ1v) is 5.78. The largest absolute Gasteiger partial charge is 0.464 e. The zero-order valence-corrected chi connectivity index (χ0v) is 10.8. The lowest BCUT2D eigenvalue weighted by molar-refractivity contribution is -0.161. The number of anilines is 1. The zero-order valence-electron chi connectivity index (χ0n) is 10.8. The first kappa shape index (κ1) is 17.2. The zero-order chi connectivity index (χ0) is 16.4. The molecule has 0 saturated heterocycles. The summed E-state index contributed by atoms with van der Waals surface area (Å²) in [5, 5.41) is 19.2. The van der Waals surface area contributed by atoms with Crippen LogP contribution >= 0.6 is 0 Å². The van der Waals surface area contributed by atoms with Gasteiger partial charge in [-0.1, -0.05) is 0 Å². The van der Waals surface area contributed by atoms with Gasteiger partial charge in [-0.3, -0.25) is 0 Å². The summed E-state index contributed by atoms with van der Waals surface area (Å²) in [5.41, 5.74) is 1.83. The number of esters is 1. The SMILES string of the molecule is CCOC(=O)C(O)C(O)c1cc(F)c(N)cc1C(F)(F)F. The molecule has 0 amide bonds. The number of carbonyl (C=O) groups is 1. The molecular formula is C12H13F4NO4. The molecule has 1 aromatic carbocycles. The summed E-state index contributed by atoms with van der Waals surface area (Å²) in [6.45, 7) is 1.26. The van der Waals surface area contributed by atoms with Crippen molar-refractivity contribution in [1.82, 2.24) is 0 Å². The summed E-state index contributed by atoms with van der Waals surface area (Å²) in [5.74, 6) is -2.54. The van der Waals surface area contributed by atoms with Gasteiger partial charge in [-0.15, -0.1) is 0 Å². The second-order valence-corrected chi connectivity index (χ2v) is 4.10. The number of nitrogens with two attached hydrogens (primary N) is 1. The fourth-order valence-electron chi connectivity index (χ4n) is 1.62. The molecule has 4 N–H and O–H groups in total. The number of aliphatic hydroxyl groups is 2. The number of carbonyl (C=O) groups excluding carboxylic acids is 1. The van der Waals surface area contributed by atoms with Crippen LogP contribution in [0.15, 0.2) is 12.1 Å². The highest BCUT2D eigenvalue weighted by Crippen LogP contribution is 2.37. The van der Waals surface area contributed by atoms with Crippen LogP contribution in [-0.4, -0.2) is 28.9 Å². The molecular weight excluding hydrogens is 298 g/mol. The van der Waals surface area contributed by atoms with Crippen LogP contribution < -0.4 is 5.73 Å². The van der Waals surface area contributed by atoms with Gasteiger partial charge in [0.1, 0.15) is 11.9 Å². The Bertz CT molecular complexity index is 533. The van der Waals surface area contributed by atoms with Crippen molar-refractivity contribution in [2.45, 2.75) is 25.3 Å². The summed E-state index contributed by atoms with van der Waals surface area (Å²) < 4.78 is 56.2. The van der Waals surface area contributed by atoms with E-state index in [1.807, 2.05) is 0 Å². The molecule has 0 aliphatic rings. The summed E-state index contributed by atoms with van der Waals surface area (Å²) in [6.07, 6.45) is -9.54. The number of halogens is 4. The lowest BCUT2D eigenvalue weighted by Gasteiger charge is -2.21. The minimum atomic E-state index is -4.95. The Balaban J connectivity index is 3.28. The van der Waals surface area contributed by atoms with Crippen molar-refractivity contribution >= 4 is 11.7 Å². The van der Waals surface area contributed by atoms with Gasteiger partial charge < -0.3 is 20.7 Å². The summed E-state index contributed by atoms with van der Waals surface area (Å²) >= 11 is 0. The number of nitrogen functional groups attached to an aromatic ring is 1. The molecule has 0 aromatic heterocycles. The second kappa shape index (κ2) is 6.27. The van der Waals surface area contributed by atoms with E-state index < -0.39 is 47.0 Å². The second-order valence-electron chi connectivity index (χ2n) is 4.10. The van der Waals surface area contributed by atoms with Crippen LogP contribution in [0.1, 0.15) is 24.2 Å². The first-order valence-electron chi connectivity index (χ1n) is 5.78. The average Bonchev–Trinajstić information content (AvgIpc) is 2.38. The number of hydrogen-bond donors (Lipinski definition) is 3. The number of benzene rings is 1. The molecule has 1 aromatic rings. The highest BCUT2D eigenvalue weighted by molar-refractivity contribution is 5.75. The van der Waals surface area contributed by atoms with Gasteiger partial charge in [0.25, 0.3) is 0 Å². The van der Waals surface area contributed by atoms with E-state index in [0.717, 1.165) is 0 Å². The van der Waals surface area contributed by atoms with Crippen molar-refractivity contribution in [3.8, 4) is 0 Å². The summed E-state index contributed by atoms with van der Waals surface area (Å²) in [4.78, 5) is 11.2. The molecule has 0 saturated carbocycles. The van der Waals surface area contributed by atoms with Gasteiger partial charge in [0, 0.05) is 0 Å². The monoisotopic (exact) mass is 311 g/mol. The number of rotatable bonds is 4. The van der Waals surface area contributed by atoms with Gasteiger partial charge in [0.2, 0.25) is 0 Å². The highest BCUT2D eigenvalue weighted by atomic mass is 19.4. The molecule has 1 rings (SSSR count). The molecule has 0 spiro atoms. The molecule has 2 atom stereocenters. The minimum absolute atomic E-state index is 0.148. The van der Waals surface area contributed by atoms with Crippen molar-refractivity contribution in [3.63, 3.8) is 0 Å². The summed E-state index contributed by atoms with van der Waals surface area (Å²) in [7, 11) is 0. The molecule has 0 radical (unpaired) electrons. The van der Waals surface area contributed by atoms with Crippen LogP contribution in [0.3, 0.4) is 0 Å². The van der Waals surface area contributed by atoms with Gasteiger partial charge in [-0.25, -0.2) is 9.18 Å². The lowest BCUT2D eigenvalue weighted by Crippen LogP contribution is -2.31. The van der Waals surface area contributed by atoms with Crippen molar-refractivity contribution in [2.24, 2.45) is 0 Å². The van der Waals surface area contributed by atoms with E-state index in [2.05, 4.69) is 4.74 Å². The molecule has 0 heterocycles. The van der Waals surface area contributed by atoms with E-state index in [9.17, 15) is 32.6 Å². The predicted molar refractivity (Wildman–Crippen MR) is 63.4 cm³/mol. The van der Waals surface area contributed by atoms with Gasteiger partial charge in [-0.2, -0.15) is 13.2 Å². The number of hydrogen-bond acceptors (Lipinski definition) is 5. The molecule has 0 fully saturated rings. The van der Waals surface area contributed by atoms with Gasteiger partial charge >= 0.3 is 12.1 Å². The Labute approximate surface area is 116 Å². The molecule has 5 nitrogen and oxygen atoms in total. The average molecular weight is 311 g/mol. The number of alkyl halides is 3. The van der Waals surface area contributed by atoms with Crippen molar-refractivity contribution in [3.05, 3.63) is 29.1 Å². The number of aliphatic hydroxyl groups excluding tert-OH is 2. The van der Waals surface area contributed by atoms with E-state index in [0.29, 0.717) is 6.07 Å². The molecule has 21 heavy (non-hydrogen) atoms. The maximum absolute atomic E-state index is 13.3. The lowest BCUT2D eigenvalue weighted by atomic mass is 9.97. The normalized spacial score (nSPS) is 14.6. The van der Waals surface area contributed by atoms with Gasteiger partial charge in [-0.05, 0) is 24.6 Å². The topological polar surface area (TPSA) is 92.8 Å². The predicted octanol–water partition coefficient (Wildman–Crippen LogP) is 1.38.